The SMILES string of the molecule is Cc1nc(C(=O)N2CCOC2CNC(=O)c2cccc3ccn(C)c23)c(-c2ccc(F)cc2)s1. The zero-order chi connectivity index (χ0) is 23.8. The number of para-hydroxylation sites is 1. The van der Waals surface area contributed by atoms with Crippen LogP contribution in [0.1, 0.15) is 25.9 Å². The van der Waals surface area contributed by atoms with Crippen molar-refractivity contribution in [3.63, 3.8) is 0 Å². The molecule has 1 saturated heterocycles. The number of carbonyl (C=O) groups is 2. The highest BCUT2D eigenvalue weighted by atomic mass is 32.1. The highest BCUT2D eigenvalue weighted by Gasteiger charge is 2.33. The summed E-state index contributed by atoms with van der Waals surface area (Å²) in [6.45, 7) is 2.75. The largest absolute Gasteiger partial charge is 0.355 e. The zero-order valence-corrected chi connectivity index (χ0v) is 19.6. The summed E-state index contributed by atoms with van der Waals surface area (Å²) in [7, 11) is 1.90. The lowest BCUT2D eigenvalue weighted by molar-refractivity contribution is 0.0277. The Morgan fingerprint density at radius 2 is 2.00 bits per heavy atom. The molecule has 0 saturated carbocycles. The van der Waals surface area contributed by atoms with E-state index in [4.69, 9.17) is 4.74 Å². The van der Waals surface area contributed by atoms with Crippen molar-refractivity contribution in [2.75, 3.05) is 19.7 Å². The number of carbonyl (C=O) groups excluding carboxylic acids is 2. The van der Waals surface area contributed by atoms with Crippen molar-refractivity contribution >= 4 is 34.1 Å². The van der Waals surface area contributed by atoms with Crippen molar-refractivity contribution in [3.05, 3.63) is 76.8 Å². The maximum absolute atomic E-state index is 13.4. The van der Waals surface area contributed by atoms with Crippen molar-refractivity contribution in [2.24, 2.45) is 7.05 Å². The minimum Gasteiger partial charge on any atom is -0.355 e. The average Bonchev–Trinajstić information content (AvgIpc) is 3.56. The number of amides is 2. The minimum atomic E-state index is -0.605. The molecule has 4 aromatic rings. The van der Waals surface area contributed by atoms with E-state index in [-0.39, 0.29) is 24.2 Å². The first kappa shape index (κ1) is 22.2. The van der Waals surface area contributed by atoms with E-state index in [1.807, 2.05) is 42.9 Å². The van der Waals surface area contributed by atoms with Gasteiger partial charge in [-0.1, -0.05) is 24.3 Å². The molecule has 5 rings (SSSR count). The smallest absolute Gasteiger partial charge is 0.276 e. The maximum atomic E-state index is 13.4. The quantitative estimate of drug-likeness (QED) is 0.471. The summed E-state index contributed by atoms with van der Waals surface area (Å²) < 4.78 is 21.1. The lowest BCUT2D eigenvalue weighted by atomic mass is 10.1. The van der Waals surface area contributed by atoms with E-state index in [1.54, 1.807) is 23.1 Å². The molecular weight excluding hydrogens is 455 g/mol. The van der Waals surface area contributed by atoms with Gasteiger partial charge in [0.2, 0.25) is 0 Å². The predicted octanol–water partition coefficient (Wildman–Crippen LogP) is 3.98. The number of hydrogen-bond donors (Lipinski definition) is 1. The third-order valence-electron chi connectivity index (χ3n) is 5.87. The van der Waals surface area contributed by atoms with Crippen LogP contribution in [0.2, 0.25) is 0 Å². The summed E-state index contributed by atoms with van der Waals surface area (Å²) in [6, 6.07) is 13.6. The molecule has 1 atom stereocenters. The summed E-state index contributed by atoms with van der Waals surface area (Å²) in [4.78, 5) is 33.1. The van der Waals surface area contributed by atoms with Crippen molar-refractivity contribution < 1.29 is 18.7 Å². The Balaban J connectivity index is 1.34. The Morgan fingerprint density at radius 3 is 2.79 bits per heavy atom. The van der Waals surface area contributed by atoms with Gasteiger partial charge < -0.3 is 19.5 Å². The lowest BCUT2D eigenvalue weighted by Gasteiger charge is -2.23. The number of hydrogen-bond acceptors (Lipinski definition) is 5. The van der Waals surface area contributed by atoms with Gasteiger partial charge in [0.25, 0.3) is 11.8 Å². The van der Waals surface area contributed by atoms with E-state index in [9.17, 15) is 14.0 Å². The first-order valence-corrected chi connectivity index (χ1v) is 11.7. The first-order valence-electron chi connectivity index (χ1n) is 10.9. The molecule has 2 amide bonds. The lowest BCUT2D eigenvalue weighted by Crippen LogP contribution is -2.44. The molecule has 0 spiro atoms. The van der Waals surface area contributed by atoms with Crippen molar-refractivity contribution in [2.45, 2.75) is 13.2 Å². The Hall–Kier alpha value is -3.56. The topological polar surface area (TPSA) is 76.5 Å². The van der Waals surface area contributed by atoms with Crippen LogP contribution in [0.4, 0.5) is 4.39 Å². The highest BCUT2D eigenvalue weighted by molar-refractivity contribution is 7.15. The van der Waals surface area contributed by atoms with Crippen LogP contribution < -0.4 is 5.32 Å². The number of ether oxygens (including phenoxy) is 1. The predicted molar refractivity (Wildman–Crippen MR) is 128 cm³/mol. The Labute approximate surface area is 199 Å². The van der Waals surface area contributed by atoms with Gasteiger partial charge in [0.15, 0.2) is 0 Å². The second kappa shape index (κ2) is 9.00. The molecule has 7 nitrogen and oxygen atoms in total. The van der Waals surface area contributed by atoms with Crippen LogP contribution in [0, 0.1) is 12.7 Å². The Morgan fingerprint density at radius 1 is 1.21 bits per heavy atom. The van der Waals surface area contributed by atoms with Crippen LogP contribution in [0.15, 0.2) is 54.7 Å². The molecule has 0 radical (unpaired) electrons. The van der Waals surface area contributed by atoms with E-state index in [0.717, 1.165) is 21.5 Å². The van der Waals surface area contributed by atoms with Gasteiger partial charge >= 0.3 is 0 Å². The maximum Gasteiger partial charge on any atom is 0.276 e. The van der Waals surface area contributed by atoms with Crippen LogP contribution >= 0.6 is 11.3 Å². The van der Waals surface area contributed by atoms with Gasteiger partial charge in [-0.2, -0.15) is 0 Å². The summed E-state index contributed by atoms with van der Waals surface area (Å²) in [5.41, 5.74) is 2.46. The number of thiazole rings is 1. The Bertz CT molecular complexity index is 1380. The second-order valence-electron chi connectivity index (χ2n) is 8.12. The normalized spacial score (nSPS) is 15.7. The molecule has 1 aliphatic rings. The Kier molecular flexibility index (Phi) is 5.89. The van der Waals surface area contributed by atoms with Gasteiger partial charge in [-0.3, -0.25) is 9.59 Å². The van der Waals surface area contributed by atoms with Gasteiger partial charge in [-0.15, -0.1) is 11.3 Å². The third-order valence-corrected chi connectivity index (χ3v) is 6.89. The molecule has 0 aliphatic carbocycles. The number of aromatic nitrogens is 2. The van der Waals surface area contributed by atoms with Gasteiger partial charge in [-0.25, -0.2) is 9.37 Å². The highest BCUT2D eigenvalue weighted by Crippen LogP contribution is 2.32. The zero-order valence-electron chi connectivity index (χ0n) is 18.7. The number of nitrogens with one attached hydrogen (secondary N) is 1. The summed E-state index contributed by atoms with van der Waals surface area (Å²) in [5.74, 6) is -0.843. The first-order chi connectivity index (χ1) is 16.4. The van der Waals surface area contributed by atoms with Crippen LogP contribution in [-0.4, -0.2) is 52.2 Å². The monoisotopic (exact) mass is 478 g/mol. The van der Waals surface area contributed by atoms with Gasteiger partial charge in [-0.05, 0) is 36.8 Å². The van der Waals surface area contributed by atoms with Crippen LogP contribution in [0.5, 0.6) is 0 Å². The summed E-state index contributed by atoms with van der Waals surface area (Å²) in [5, 5.41) is 4.64. The molecule has 0 bridgehead atoms. The summed E-state index contributed by atoms with van der Waals surface area (Å²) >= 11 is 1.39. The fourth-order valence-corrected chi connectivity index (χ4v) is 5.16. The molecule has 1 N–H and O–H groups in total. The van der Waals surface area contributed by atoms with E-state index in [1.165, 1.54) is 23.5 Å². The fourth-order valence-electron chi connectivity index (χ4n) is 4.24. The van der Waals surface area contributed by atoms with E-state index < -0.39 is 6.23 Å². The van der Waals surface area contributed by atoms with Gasteiger partial charge in [0.1, 0.15) is 17.7 Å². The molecule has 174 valence electrons. The third kappa shape index (κ3) is 4.08. The van der Waals surface area contributed by atoms with Crippen molar-refractivity contribution in [1.29, 1.82) is 0 Å². The number of rotatable bonds is 5. The van der Waals surface area contributed by atoms with E-state index in [2.05, 4.69) is 10.3 Å². The second-order valence-corrected chi connectivity index (χ2v) is 9.32. The molecular formula is C25H23FN4O3S. The standard InChI is InChI=1S/C25H23FN4O3S/c1-15-28-21(23(34-15)17-6-8-18(26)9-7-17)25(32)30-12-13-33-20(30)14-27-24(31)19-5-3-4-16-10-11-29(2)22(16)19/h3-11,20H,12-14H2,1-2H3,(H,27,31). The number of aryl methyl sites for hydroxylation is 2. The van der Waals surface area contributed by atoms with Crippen molar-refractivity contribution in [1.82, 2.24) is 19.8 Å². The molecule has 2 aromatic carbocycles. The summed E-state index contributed by atoms with van der Waals surface area (Å²) in [6.07, 6.45) is 1.31. The molecule has 3 heterocycles. The molecule has 9 heteroatoms. The molecule has 1 aliphatic heterocycles. The van der Waals surface area contributed by atoms with Crippen LogP contribution in [0.3, 0.4) is 0 Å². The van der Waals surface area contributed by atoms with Crippen LogP contribution in [0.25, 0.3) is 21.3 Å². The minimum absolute atomic E-state index is 0.153. The number of halogens is 1. The fraction of sp³-hybridized carbons (Fsp3) is 0.240. The number of nitrogens with zero attached hydrogens (tertiary/aromatic N) is 3. The molecule has 1 unspecified atom stereocenters. The number of fused-ring (bicyclic) bond motifs is 1. The molecule has 34 heavy (non-hydrogen) atoms. The van der Waals surface area contributed by atoms with Crippen molar-refractivity contribution in [3.8, 4) is 10.4 Å². The molecule has 1 fully saturated rings. The van der Waals surface area contributed by atoms with Gasteiger partial charge in [0.05, 0.1) is 34.1 Å². The van der Waals surface area contributed by atoms with E-state index >= 15 is 0 Å². The van der Waals surface area contributed by atoms with Gasteiger partial charge in [0, 0.05) is 25.2 Å². The van der Waals surface area contributed by atoms with E-state index in [0.29, 0.717) is 29.3 Å². The molecule has 2 aromatic heterocycles. The number of benzene rings is 2. The van der Waals surface area contributed by atoms with Crippen LogP contribution in [-0.2, 0) is 11.8 Å². The average molecular weight is 479 g/mol.